The van der Waals surface area contributed by atoms with Gasteiger partial charge in [-0.05, 0) is 48.9 Å². The Labute approximate surface area is 182 Å². The summed E-state index contributed by atoms with van der Waals surface area (Å²) in [5.41, 5.74) is 1.80. The Bertz CT molecular complexity index is 974. The van der Waals surface area contributed by atoms with Crippen LogP contribution in [0.15, 0.2) is 84.9 Å². The molecule has 0 heterocycles. The van der Waals surface area contributed by atoms with E-state index in [-0.39, 0.29) is 12.5 Å². The summed E-state index contributed by atoms with van der Waals surface area (Å²) in [6, 6.07) is 26.0. The minimum atomic E-state index is -0.921. The van der Waals surface area contributed by atoms with Crippen molar-refractivity contribution in [2.45, 2.75) is 19.6 Å². The molecule has 1 atom stereocenters. The van der Waals surface area contributed by atoms with Crippen molar-refractivity contribution in [3.05, 3.63) is 90.5 Å². The van der Waals surface area contributed by atoms with Crippen LogP contribution in [-0.4, -0.2) is 31.6 Å². The highest BCUT2D eigenvalue weighted by molar-refractivity contribution is 5.96. The fraction of sp³-hybridized carbons (Fsp3) is 0.200. The van der Waals surface area contributed by atoms with Crippen LogP contribution in [-0.2, 0) is 20.9 Å². The standard InChI is InChI=1S/C25H25NO5/c1-19(25(28)26(2)21-11-7-4-8-12-21)31-24(27)18-30-23-15-13-22(14-16-23)29-17-20-9-5-3-6-10-20/h3-16,19H,17-18H2,1-2H3/t19-/m0/s1. The Morgan fingerprint density at radius 2 is 1.35 bits per heavy atom. The van der Waals surface area contributed by atoms with Crippen molar-refractivity contribution in [1.29, 1.82) is 0 Å². The Kier molecular flexibility index (Phi) is 7.65. The maximum absolute atomic E-state index is 12.4. The molecule has 0 N–H and O–H groups in total. The van der Waals surface area contributed by atoms with Gasteiger partial charge in [0.25, 0.3) is 5.91 Å². The van der Waals surface area contributed by atoms with Gasteiger partial charge in [0.15, 0.2) is 12.7 Å². The lowest BCUT2D eigenvalue weighted by Crippen LogP contribution is -2.38. The molecule has 0 unspecified atom stereocenters. The van der Waals surface area contributed by atoms with Crippen LogP contribution in [0.1, 0.15) is 12.5 Å². The Morgan fingerprint density at radius 1 is 0.806 bits per heavy atom. The van der Waals surface area contributed by atoms with Crippen molar-refractivity contribution in [3.63, 3.8) is 0 Å². The van der Waals surface area contributed by atoms with E-state index in [9.17, 15) is 9.59 Å². The van der Waals surface area contributed by atoms with Gasteiger partial charge in [0.1, 0.15) is 18.1 Å². The van der Waals surface area contributed by atoms with E-state index in [1.807, 2.05) is 60.7 Å². The number of nitrogens with zero attached hydrogens (tertiary/aromatic N) is 1. The van der Waals surface area contributed by atoms with Gasteiger partial charge < -0.3 is 19.1 Å². The molecule has 0 bridgehead atoms. The third-order valence-electron chi connectivity index (χ3n) is 4.56. The van der Waals surface area contributed by atoms with Crippen molar-refractivity contribution in [2.24, 2.45) is 0 Å². The van der Waals surface area contributed by atoms with Gasteiger partial charge in [-0.15, -0.1) is 0 Å². The average molecular weight is 419 g/mol. The monoisotopic (exact) mass is 419 g/mol. The third-order valence-corrected chi connectivity index (χ3v) is 4.56. The van der Waals surface area contributed by atoms with Crippen molar-refractivity contribution in [3.8, 4) is 11.5 Å². The van der Waals surface area contributed by atoms with E-state index in [1.165, 1.54) is 4.90 Å². The van der Waals surface area contributed by atoms with Crippen LogP contribution in [0.4, 0.5) is 5.69 Å². The van der Waals surface area contributed by atoms with Crippen LogP contribution in [0.3, 0.4) is 0 Å². The van der Waals surface area contributed by atoms with Gasteiger partial charge in [-0.1, -0.05) is 48.5 Å². The van der Waals surface area contributed by atoms with Crippen LogP contribution in [0.5, 0.6) is 11.5 Å². The number of benzene rings is 3. The molecule has 3 aromatic carbocycles. The molecule has 0 aliphatic carbocycles. The number of amides is 1. The van der Waals surface area contributed by atoms with Gasteiger partial charge in [0, 0.05) is 12.7 Å². The topological polar surface area (TPSA) is 65.1 Å². The quantitative estimate of drug-likeness (QED) is 0.486. The molecule has 31 heavy (non-hydrogen) atoms. The van der Waals surface area contributed by atoms with Crippen molar-refractivity contribution in [1.82, 2.24) is 0 Å². The smallest absolute Gasteiger partial charge is 0.344 e. The van der Waals surface area contributed by atoms with E-state index in [0.717, 1.165) is 11.3 Å². The van der Waals surface area contributed by atoms with Crippen LogP contribution >= 0.6 is 0 Å². The molecule has 3 rings (SSSR count). The number of carbonyl (C=O) groups excluding carboxylic acids is 2. The number of hydrogen-bond donors (Lipinski definition) is 0. The fourth-order valence-corrected chi connectivity index (χ4v) is 2.85. The normalized spacial score (nSPS) is 11.3. The lowest BCUT2D eigenvalue weighted by Gasteiger charge is -2.21. The van der Waals surface area contributed by atoms with Crippen LogP contribution in [0.25, 0.3) is 0 Å². The fourth-order valence-electron chi connectivity index (χ4n) is 2.85. The summed E-state index contributed by atoms with van der Waals surface area (Å²) in [6.07, 6.45) is -0.921. The first kappa shape index (κ1) is 21.9. The van der Waals surface area contributed by atoms with Crippen LogP contribution in [0.2, 0.25) is 0 Å². The molecule has 3 aromatic rings. The molecule has 0 aliphatic heterocycles. The maximum Gasteiger partial charge on any atom is 0.344 e. The number of para-hydroxylation sites is 1. The average Bonchev–Trinajstić information content (AvgIpc) is 2.82. The van der Waals surface area contributed by atoms with E-state index < -0.39 is 12.1 Å². The number of ether oxygens (including phenoxy) is 3. The van der Waals surface area contributed by atoms with E-state index >= 15 is 0 Å². The molecule has 160 valence electrons. The lowest BCUT2D eigenvalue weighted by atomic mass is 10.2. The molecule has 0 saturated heterocycles. The first-order valence-corrected chi connectivity index (χ1v) is 9.94. The van der Waals surface area contributed by atoms with Gasteiger partial charge in [-0.25, -0.2) is 4.79 Å². The van der Waals surface area contributed by atoms with Crippen molar-refractivity contribution in [2.75, 3.05) is 18.6 Å². The number of hydrogen-bond acceptors (Lipinski definition) is 5. The number of esters is 1. The second-order valence-electron chi connectivity index (χ2n) is 6.90. The minimum Gasteiger partial charge on any atom is -0.489 e. The molecule has 0 aromatic heterocycles. The zero-order chi connectivity index (χ0) is 22.1. The van der Waals surface area contributed by atoms with Crippen LogP contribution < -0.4 is 14.4 Å². The van der Waals surface area contributed by atoms with E-state index in [1.54, 1.807) is 38.2 Å². The third kappa shape index (κ3) is 6.60. The second kappa shape index (κ2) is 10.8. The molecule has 6 heteroatoms. The summed E-state index contributed by atoms with van der Waals surface area (Å²) >= 11 is 0. The molecule has 0 fully saturated rings. The molecule has 1 amide bonds. The highest BCUT2D eigenvalue weighted by Crippen LogP contribution is 2.19. The Hall–Kier alpha value is -3.80. The highest BCUT2D eigenvalue weighted by atomic mass is 16.6. The molecule has 0 radical (unpaired) electrons. The lowest BCUT2D eigenvalue weighted by molar-refractivity contribution is -0.155. The maximum atomic E-state index is 12.4. The van der Waals surface area contributed by atoms with Gasteiger partial charge in [0.2, 0.25) is 0 Å². The number of likely N-dealkylation sites (N-methyl/N-ethyl adjacent to an activating group) is 1. The Balaban J connectivity index is 1.43. The molecule has 0 aliphatic rings. The highest BCUT2D eigenvalue weighted by Gasteiger charge is 2.22. The van der Waals surface area contributed by atoms with Crippen molar-refractivity contribution >= 4 is 17.6 Å². The molecular weight excluding hydrogens is 394 g/mol. The van der Waals surface area contributed by atoms with Gasteiger partial charge in [-0.3, -0.25) is 4.79 Å². The molecule has 6 nitrogen and oxygen atoms in total. The van der Waals surface area contributed by atoms with Gasteiger partial charge >= 0.3 is 5.97 Å². The van der Waals surface area contributed by atoms with E-state index in [4.69, 9.17) is 14.2 Å². The predicted molar refractivity (Wildman–Crippen MR) is 118 cm³/mol. The summed E-state index contributed by atoms with van der Waals surface area (Å²) in [7, 11) is 1.64. The number of rotatable bonds is 9. The summed E-state index contributed by atoms with van der Waals surface area (Å²) in [6.45, 7) is 1.71. The molecular formula is C25H25NO5. The summed E-state index contributed by atoms with van der Waals surface area (Å²) in [4.78, 5) is 26.0. The van der Waals surface area contributed by atoms with E-state index in [2.05, 4.69) is 0 Å². The van der Waals surface area contributed by atoms with Crippen molar-refractivity contribution < 1.29 is 23.8 Å². The first-order chi connectivity index (χ1) is 15.0. The number of carbonyl (C=O) groups is 2. The summed E-state index contributed by atoms with van der Waals surface area (Å²) < 4.78 is 16.4. The molecule has 0 spiro atoms. The largest absolute Gasteiger partial charge is 0.489 e. The van der Waals surface area contributed by atoms with E-state index in [0.29, 0.717) is 18.1 Å². The summed E-state index contributed by atoms with van der Waals surface area (Å²) in [5.74, 6) is 0.262. The predicted octanol–water partition coefficient (Wildman–Crippen LogP) is 4.24. The zero-order valence-electron chi connectivity index (χ0n) is 17.6. The first-order valence-electron chi connectivity index (χ1n) is 9.94. The zero-order valence-corrected chi connectivity index (χ0v) is 17.6. The second-order valence-corrected chi connectivity index (χ2v) is 6.90. The minimum absolute atomic E-state index is 0.295. The van der Waals surface area contributed by atoms with Gasteiger partial charge in [-0.2, -0.15) is 0 Å². The Morgan fingerprint density at radius 3 is 1.97 bits per heavy atom. The summed E-state index contributed by atoms with van der Waals surface area (Å²) in [5, 5.41) is 0. The van der Waals surface area contributed by atoms with Crippen LogP contribution in [0, 0.1) is 0 Å². The number of anilines is 1. The van der Waals surface area contributed by atoms with Gasteiger partial charge in [0.05, 0.1) is 0 Å². The SMILES string of the molecule is C[C@H](OC(=O)COc1ccc(OCc2ccccc2)cc1)C(=O)N(C)c1ccccc1. The molecule has 0 saturated carbocycles.